The summed E-state index contributed by atoms with van der Waals surface area (Å²) in [4.78, 5) is 26.0. The lowest BCUT2D eigenvalue weighted by atomic mass is 10.3. The van der Waals surface area contributed by atoms with E-state index in [-0.39, 0.29) is 11.6 Å². The maximum atomic E-state index is 12.5. The zero-order valence-electron chi connectivity index (χ0n) is 14.1. The van der Waals surface area contributed by atoms with Gasteiger partial charge in [0.25, 0.3) is 0 Å². The zero-order valence-corrected chi connectivity index (χ0v) is 15.8. The van der Waals surface area contributed by atoms with Crippen LogP contribution >= 0.6 is 22.7 Å². The van der Waals surface area contributed by atoms with Crippen LogP contribution in [0.3, 0.4) is 0 Å². The molecule has 1 aliphatic rings. The molecule has 0 aliphatic carbocycles. The van der Waals surface area contributed by atoms with Crippen LogP contribution in [0.1, 0.15) is 29.2 Å². The Labute approximate surface area is 161 Å². The highest BCUT2D eigenvalue weighted by atomic mass is 32.1. The number of hydrogen-bond donors (Lipinski definition) is 1. The van der Waals surface area contributed by atoms with Gasteiger partial charge in [0.15, 0.2) is 10.8 Å². The van der Waals surface area contributed by atoms with Crippen LogP contribution in [0.15, 0.2) is 21.8 Å². The Morgan fingerprint density at radius 1 is 1.30 bits per heavy atom. The molecule has 0 saturated carbocycles. The van der Waals surface area contributed by atoms with Crippen molar-refractivity contribution < 1.29 is 18.0 Å². The number of carbonyl (C=O) groups excluding carboxylic acids is 1. The van der Waals surface area contributed by atoms with Crippen molar-refractivity contribution in [2.75, 3.05) is 18.0 Å². The number of anilines is 1. The molecule has 0 aromatic carbocycles. The lowest BCUT2D eigenvalue weighted by Gasteiger charge is -2.12. The molecule has 2 aromatic heterocycles. The summed E-state index contributed by atoms with van der Waals surface area (Å²) >= 11 is 2.31. The molecule has 6 nitrogen and oxygen atoms in total. The summed E-state index contributed by atoms with van der Waals surface area (Å²) in [5.41, 5.74) is -0.109. The van der Waals surface area contributed by atoms with Gasteiger partial charge in [0.2, 0.25) is 5.91 Å². The average molecular weight is 415 g/mol. The van der Waals surface area contributed by atoms with E-state index in [1.807, 2.05) is 0 Å². The van der Waals surface area contributed by atoms with E-state index in [0.717, 1.165) is 47.8 Å². The van der Waals surface area contributed by atoms with Crippen molar-refractivity contribution in [3.8, 4) is 0 Å². The van der Waals surface area contributed by atoms with Crippen LogP contribution in [0.25, 0.3) is 5.70 Å². The van der Waals surface area contributed by atoms with Crippen LogP contribution in [-0.2, 0) is 17.5 Å². The van der Waals surface area contributed by atoms with Gasteiger partial charge in [-0.3, -0.25) is 9.79 Å². The normalized spacial score (nSPS) is 15.2. The number of aromatic nitrogens is 2. The van der Waals surface area contributed by atoms with Crippen molar-refractivity contribution in [1.82, 2.24) is 15.3 Å². The third-order valence-electron chi connectivity index (χ3n) is 3.83. The largest absolute Gasteiger partial charge is 0.434 e. The van der Waals surface area contributed by atoms with Gasteiger partial charge in [-0.25, -0.2) is 9.97 Å². The van der Waals surface area contributed by atoms with Gasteiger partial charge in [0.1, 0.15) is 10.7 Å². The molecule has 1 N–H and O–H groups in total. The molecule has 0 bridgehead atoms. The molecular formula is C16H16F3N5OS2. The molecule has 0 radical (unpaired) electrons. The van der Waals surface area contributed by atoms with Crippen LogP contribution in [0, 0.1) is 0 Å². The Morgan fingerprint density at radius 3 is 2.67 bits per heavy atom. The fraction of sp³-hybridized carbons (Fsp3) is 0.375. The number of hydrogen-bond acceptors (Lipinski definition) is 7. The lowest BCUT2D eigenvalue weighted by Crippen LogP contribution is -2.21. The Kier molecular flexibility index (Phi) is 5.90. The number of carbonyl (C=O) groups is 1. The predicted molar refractivity (Wildman–Crippen MR) is 100 cm³/mol. The van der Waals surface area contributed by atoms with Crippen molar-refractivity contribution in [2.24, 2.45) is 4.99 Å². The summed E-state index contributed by atoms with van der Waals surface area (Å²) in [7, 11) is 0. The number of nitrogens with zero attached hydrogens (tertiary/aromatic N) is 4. The summed E-state index contributed by atoms with van der Waals surface area (Å²) < 4.78 is 37.6. The number of alkyl halides is 3. The molecule has 144 valence electrons. The number of amides is 1. The topological polar surface area (TPSA) is 70.5 Å². The number of rotatable bonds is 6. The summed E-state index contributed by atoms with van der Waals surface area (Å²) in [6.45, 7) is 5.28. The van der Waals surface area contributed by atoms with E-state index < -0.39 is 17.8 Å². The van der Waals surface area contributed by atoms with Gasteiger partial charge in [-0.2, -0.15) is 13.2 Å². The number of halogens is 3. The molecular weight excluding hydrogens is 399 g/mol. The first kappa shape index (κ1) is 19.5. The lowest BCUT2D eigenvalue weighted by molar-refractivity contribution is -0.140. The Morgan fingerprint density at radius 2 is 2.04 bits per heavy atom. The molecule has 1 aliphatic heterocycles. The van der Waals surface area contributed by atoms with E-state index in [2.05, 4.69) is 31.9 Å². The molecule has 3 heterocycles. The molecule has 1 fully saturated rings. The van der Waals surface area contributed by atoms with Crippen molar-refractivity contribution in [2.45, 2.75) is 25.6 Å². The zero-order chi connectivity index (χ0) is 19.4. The van der Waals surface area contributed by atoms with Gasteiger partial charge in [0, 0.05) is 29.9 Å². The second-order valence-electron chi connectivity index (χ2n) is 5.74. The van der Waals surface area contributed by atoms with Crippen molar-refractivity contribution in [3.05, 3.63) is 33.2 Å². The fourth-order valence-electron chi connectivity index (χ4n) is 2.50. The van der Waals surface area contributed by atoms with E-state index in [9.17, 15) is 18.0 Å². The average Bonchev–Trinajstić information content (AvgIpc) is 3.37. The van der Waals surface area contributed by atoms with Crippen LogP contribution in [0.2, 0.25) is 0 Å². The SMILES string of the molecule is C=N/C(=C\C(=O)NCc1nc(C(F)(F)F)cs1)c1csc(N2CCCC2)n1. The number of nitrogens with one attached hydrogen (secondary N) is 1. The van der Waals surface area contributed by atoms with E-state index in [4.69, 9.17) is 0 Å². The smallest absolute Gasteiger partial charge is 0.348 e. The quantitative estimate of drug-likeness (QED) is 0.578. The first-order valence-electron chi connectivity index (χ1n) is 8.05. The molecule has 1 saturated heterocycles. The summed E-state index contributed by atoms with van der Waals surface area (Å²) in [6.07, 6.45) is -0.997. The minimum atomic E-state index is -4.49. The predicted octanol–water partition coefficient (Wildman–Crippen LogP) is 3.58. The standard InChI is InChI=1S/C16H16F3N5OS2/c1-20-10(11-8-27-15(22-11)24-4-2-3-5-24)6-13(25)21-7-14-23-12(9-26-14)16(17,18)19/h6,8-9H,1-5,7H2,(H,21,25)/b10-6-. The summed E-state index contributed by atoms with van der Waals surface area (Å²) in [5, 5.41) is 6.27. The van der Waals surface area contributed by atoms with Crippen molar-refractivity contribution in [3.63, 3.8) is 0 Å². The number of aliphatic imine (C=N–C) groups is 1. The minimum Gasteiger partial charge on any atom is -0.348 e. The highest BCUT2D eigenvalue weighted by molar-refractivity contribution is 7.13. The van der Waals surface area contributed by atoms with Gasteiger partial charge in [-0.15, -0.1) is 22.7 Å². The molecule has 2 aromatic rings. The van der Waals surface area contributed by atoms with Gasteiger partial charge in [-0.1, -0.05) is 0 Å². The first-order valence-corrected chi connectivity index (χ1v) is 9.81. The Balaban J connectivity index is 1.62. The van der Waals surface area contributed by atoms with Crippen molar-refractivity contribution in [1.29, 1.82) is 0 Å². The van der Waals surface area contributed by atoms with Gasteiger partial charge >= 0.3 is 6.18 Å². The van der Waals surface area contributed by atoms with Gasteiger partial charge in [0.05, 0.1) is 12.2 Å². The highest BCUT2D eigenvalue weighted by Gasteiger charge is 2.33. The van der Waals surface area contributed by atoms with Crippen LogP contribution < -0.4 is 10.2 Å². The summed E-state index contributed by atoms with van der Waals surface area (Å²) in [6, 6.07) is 0. The molecule has 0 spiro atoms. The van der Waals surface area contributed by atoms with Crippen molar-refractivity contribution >= 4 is 46.1 Å². The molecule has 27 heavy (non-hydrogen) atoms. The monoisotopic (exact) mass is 415 g/mol. The Hall–Kier alpha value is -2.27. The van der Waals surface area contributed by atoms with E-state index >= 15 is 0 Å². The molecule has 0 unspecified atom stereocenters. The maximum absolute atomic E-state index is 12.5. The molecule has 11 heteroatoms. The third-order valence-corrected chi connectivity index (χ3v) is 5.58. The Bertz CT molecular complexity index is 852. The van der Waals surface area contributed by atoms with E-state index in [1.54, 1.807) is 5.38 Å². The second-order valence-corrected chi connectivity index (χ2v) is 7.52. The summed E-state index contributed by atoms with van der Waals surface area (Å²) in [5.74, 6) is -0.503. The first-order chi connectivity index (χ1) is 12.9. The van der Waals surface area contributed by atoms with Crippen LogP contribution in [0.5, 0.6) is 0 Å². The minimum absolute atomic E-state index is 0.101. The van der Waals surface area contributed by atoms with E-state index in [0.29, 0.717) is 11.4 Å². The second kappa shape index (κ2) is 8.17. The molecule has 0 atom stereocenters. The van der Waals surface area contributed by atoms with Gasteiger partial charge in [-0.05, 0) is 19.6 Å². The third kappa shape index (κ3) is 4.92. The fourth-order valence-corrected chi connectivity index (χ4v) is 4.11. The molecule has 1 amide bonds. The number of thiazole rings is 2. The van der Waals surface area contributed by atoms with Crippen LogP contribution in [0.4, 0.5) is 18.3 Å². The maximum Gasteiger partial charge on any atom is 0.434 e. The molecule has 3 rings (SSSR count). The highest BCUT2D eigenvalue weighted by Crippen LogP contribution is 2.30. The van der Waals surface area contributed by atoms with E-state index in [1.165, 1.54) is 17.4 Å². The van der Waals surface area contributed by atoms with Gasteiger partial charge < -0.3 is 10.2 Å². The van der Waals surface area contributed by atoms with Crippen LogP contribution in [-0.4, -0.2) is 35.7 Å².